The fourth-order valence-corrected chi connectivity index (χ4v) is 3.14. The van der Waals surface area contributed by atoms with Crippen LogP contribution >= 0.6 is 23.1 Å². The third-order valence-corrected chi connectivity index (χ3v) is 4.23. The molecule has 0 unspecified atom stereocenters. The molecule has 13 heavy (non-hydrogen) atoms. The summed E-state index contributed by atoms with van der Waals surface area (Å²) in [6.07, 6.45) is 1.93. The predicted molar refractivity (Wildman–Crippen MR) is 64.6 cm³/mol. The standard InChI is InChI=1S/C11H14S2/c1-6-10-11(12-7(2)3)8(4)9(5)13-10/h6H,1-2H2,3-5H3. The second kappa shape index (κ2) is 4.16. The molecule has 0 bridgehead atoms. The molecule has 2 heteroatoms. The minimum Gasteiger partial charge on any atom is -0.140 e. The van der Waals surface area contributed by atoms with E-state index >= 15 is 0 Å². The fourth-order valence-electron chi connectivity index (χ4n) is 1.07. The lowest BCUT2D eigenvalue weighted by Gasteiger charge is -2.00. The second-order valence-corrected chi connectivity index (χ2v) is 5.55. The number of hydrogen-bond donors (Lipinski definition) is 0. The molecule has 1 rings (SSSR count). The van der Waals surface area contributed by atoms with E-state index in [2.05, 4.69) is 27.0 Å². The van der Waals surface area contributed by atoms with E-state index in [1.165, 1.54) is 20.2 Å². The van der Waals surface area contributed by atoms with Crippen molar-refractivity contribution in [2.45, 2.75) is 25.7 Å². The summed E-state index contributed by atoms with van der Waals surface area (Å²) in [5.74, 6) is 0. The highest BCUT2D eigenvalue weighted by Crippen LogP contribution is 2.38. The molecule has 0 atom stereocenters. The summed E-state index contributed by atoms with van der Waals surface area (Å²) >= 11 is 3.54. The van der Waals surface area contributed by atoms with Gasteiger partial charge in [-0.15, -0.1) is 11.3 Å². The Balaban J connectivity index is 3.15. The van der Waals surface area contributed by atoms with Crippen molar-refractivity contribution in [2.24, 2.45) is 0 Å². The van der Waals surface area contributed by atoms with Crippen molar-refractivity contribution in [3.05, 3.63) is 33.4 Å². The van der Waals surface area contributed by atoms with Gasteiger partial charge >= 0.3 is 0 Å². The molecule has 0 fully saturated rings. The van der Waals surface area contributed by atoms with Crippen molar-refractivity contribution >= 4 is 29.2 Å². The molecule has 0 aliphatic carbocycles. The summed E-state index contributed by atoms with van der Waals surface area (Å²) in [5.41, 5.74) is 1.37. The number of allylic oxidation sites excluding steroid dienone is 1. The minimum atomic E-state index is 1.13. The van der Waals surface area contributed by atoms with Crippen LogP contribution in [0.2, 0.25) is 0 Å². The van der Waals surface area contributed by atoms with Crippen molar-refractivity contribution < 1.29 is 0 Å². The van der Waals surface area contributed by atoms with Gasteiger partial charge < -0.3 is 0 Å². The second-order valence-electron chi connectivity index (χ2n) is 2.98. The van der Waals surface area contributed by atoms with Gasteiger partial charge in [0.05, 0.1) is 0 Å². The first-order chi connectivity index (χ1) is 6.06. The molecule has 0 amide bonds. The topological polar surface area (TPSA) is 0 Å². The highest BCUT2D eigenvalue weighted by Gasteiger charge is 2.10. The van der Waals surface area contributed by atoms with Gasteiger partial charge in [0.1, 0.15) is 0 Å². The monoisotopic (exact) mass is 210 g/mol. The number of hydrogen-bond acceptors (Lipinski definition) is 2. The Morgan fingerprint density at radius 2 is 2.08 bits per heavy atom. The maximum Gasteiger partial charge on any atom is 0.0409 e. The van der Waals surface area contributed by atoms with E-state index in [-0.39, 0.29) is 0 Å². The average Bonchev–Trinajstić information content (AvgIpc) is 2.31. The summed E-state index contributed by atoms with van der Waals surface area (Å²) in [6.45, 7) is 14.1. The van der Waals surface area contributed by atoms with Crippen LogP contribution in [0.15, 0.2) is 23.0 Å². The molecule has 0 radical (unpaired) electrons. The number of thioether (sulfide) groups is 1. The molecular formula is C11H14S2. The average molecular weight is 210 g/mol. The maximum absolute atomic E-state index is 3.91. The van der Waals surface area contributed by atoms with Gasteiger partial charge in [-0.2, -0.15) is 0 Å². The van der Waals surface area contributed by atoms with Crippen LogP contribution < -0.4 is 0 Å². The lowest BCUT2D eigenvalue weighted by molar-refractivity contribution is 1.31. The van der Waals surface area contributed by atoms with Crippen molar-refractivity contribution in [1.29, 1.82) is 0 Å². The molecule has 0 aromatic carbocycles. The van der Waals surface area contributed by atoms with Crippen LogP contribution in [0.4, 0.5) is 0 Å². The van der Waals surface area contributed by atoms with E-state index in [0.717, 1.165) is 4.91 Å². The normalized spacial score (nSPS) is 10.1. The van der Waals surface area contributed by atoms with Gasteiger partial charge in [0.15, 0.2) is 0 Å². The molecule has 0 saturated heterocycles. The van der Waals surface area contributed by atoms with Crippen LogP contribution in [0.1, 0.15) is 22.2 Å². The summed E-state index contributed by atoms with van der Waals surface area (Å²) in [6, 6.07) is 0. The fraction of sp³-hybridized carbons (Fsp3) is 0.273. The van der Waals surface area contributed by atoms with E-state index in [0.29, 0.717) is 0 Å². The third kappa shape index (κ3) is 2.26. The summed E-state index contributed by atoms with van der Waals surface area (Å²) in [4.78, 5) is 5.09. The molecule has 0 saturated carbocycles. The van der Waals surface area contributed by atoms with Gasteiger partial charge in [-0.05, 0) is 31.2 Å². The number of rotatable bonds is 3. The SMILES string of the molecule is C=Cc1sc(C)c(C)c1SC(=C)C. The van der Waals surface area contributed by atoms with Crippen LogP contribution in [0, 0.1) is 13.8 Å². The van der Waals surface area contributed by atoms with Gasteiger partial charge in [-0.25, -0.2) is 0 Å². The third-order valence-electron chi connectivity index (χ3n) is 1.82. The van der Waals surface area contributed by atoms with Crippen LogP contribution in [0.25, 0.3) is 6.08 Å². The molecule has 0 N–H and O–H groups in total. The Labute approximate surface area is 88.4 Å². The summed E-state index contributed by atoms with van der Waals surface area (Å²) < 4.78 is 0. The first-order valence-corrected chi connectivity index (χ1v) is 5.75. The Kier molecular flexibility index (Phi) is 3.40. The Morgan fingerprint density at radius 3 is 2.54 bits per heavy atom. The van der Waals surface area contributed by atoms with Crippen molar-refractivity contribution in [3.8, 4) is 0 Å². The van der Waals surface area contributed by atoms with Crippen LogP contribution in [-0.2, 0) is 0 Å². The molecule has 0 aliphatic heterocycles. The zero-order valence-electron chi connectivity index (χ0n) is 8.31. The molecule has 1 aromatic heterocycles. The Morgan fingerprint density at radius 1 is 1.46 bits per heavy atom. The lowest BCUT2D eigenvalue weighted by Crippen LogP contribution is -1.75. The van der Waals surface area contributed by atoms with Gasteiger partial charge in [0.25, 0.3) is 0 Å². The molecule has 0 nitrogen and oxygen atoms in total. The van der Waals surface area contributed by atoms with Crippen molar-refractivity contribution in [2.75, 3.05) is 0 Å². The maximum atomic E-state index is 3.91. The highest BCUT2D eigenvalue weighted by atomic mass is 32.2. The van der Waals surface area contributed by atoms with E-state index < -0.39 is 0 Å². The smallest absolute Gasteiger partial charge is 0.0409 e. The predicted octanol–water partition coefficient (Wildman–Crippen LogP) is 4.63. The lowest BCUT2D eigenvalue weighted by atomic mass is 10.3. The largest absolute Gasteiger partial charge is 0.140 e. The molecule has 70 valence electrons. The van der Waals surface area contributed by atoms with Crippen LogP contribution in [0.3, 0.4) is 0 Å². The van der Waals surface area contributed by atoms with Crippen LogP contribution in [-0.4, -0.2) is 0 Å². The first-order valence-electron chi connectivity index (χ1n) is 4.12. The first kappa shape index (κ1) is 10.6. The zero-order valence-corrected chi connectivity index (χ0v) is 9.94. The quantitative estimate of drug-likeness (QED) is 0.655. The van der Waals surface area contributed by atoms with Gasteiger partial charge in [0, 0.05) is 14.6 Å². The van der Waals surface area contributed by atoms with E-state index in [1.807, 2.05) is 13.0 Å². The summed E-state index contributed by atoms with van der Waals surface area (Å²) in [7, 11) is 0. The van der Waals surface area contributed by atoms with E-state index in [1.54, 1.807) is 23.1 Å². The Bertz CT molecular complexity index is 345. The Hall–Kier alpha value is -0.470. The number of thiophene rings is 1. The van der Waals surface area contributed by atoms with Crippen LogP contribution in [0.5, 0.6) is 0 Å². The molecular weight excluding hydrogens is 196 g/mol. The van der Waals surface area contributed by atoms with Gasteiger partial charge in [0.2, 0.25) is 0 Å². The van der Waals surface area contributed by atoms with Crippen molar-refractivity contribution in [1.82, 2.24) is 0 Å². The van der Waals surface area contributed by atoms with E-state index in [4.69, 9.17) is 0 Å². The zero-order chi connectivity index (χ0) is 10.0. The minimum absolute atomic E-state index is 1.13. The van der Waals surface area contributed by atoms with E-state index in [9.17, 15) is 0 Å². The van der Waals surface area contributed by atoms with Gasteiger partial charge in [-0.1, -0.05) is 31.0 Å². The van der Waals surface area contributed by atoms with Gasteiger partial charge in [-0.3, -0.25) is 0 Å². The molecule has 0 aliphatic rings. The highest BCUT2D eigenvalue weighted by molar-refractivity contribution is 8.03. The molecule has 1 aromatic rings. The summed E-state index contributed by atoms with van der Waals surface area (Å²) in [5, 5.41) is 0. The molecule has 0 spiro atoms. The number of aryl methyl sites for hydroxylation is 1. The molecule has 1 heterocycles. The van der Waals surface area contributed by atoms with Crippen molar-refractivity contribution in [3.63, 3.8) is 0 Å².